The van der Waals surface area contributed by atoms with Gasteiger partial charge in [-0.05, 0) is 29.7 Å². The number of nitrogens with one attached hydrogen (secondary N) is 1. The van der Waals surface area contributed by atoms with Gasteiger partial charge in [-0.15, -0.1) is 0 Å². The zero-order chi connectivity index (χ0) is 18.5. The average Bonchev–Trinajstić information content (AvgIpc) is 3.04. The van der Waals surface area contributed by atoms with Crippen molar-refractivity contribution in [1.82, 2.24) is 15.0 Å². The Balaban J connectivity index is 1.88. The van der Waals surface area contributed by atoms with Crippen molar-refractivity contribution in [3.05, 3.63) is 76.9 Å². The number of rotatable bonds is 6. The van der Waals surface area contributed by atoms with Crippen LogP contribution in [-0.4, -0.2) is 20.9 Å². The van der Waals surface area contributed by atoms with Gasteiger partial charge in [0.05, 0.1) is 12.0 Å². The molecule has 3 aromatic rings. The molecule has 7 nitrogen and oxygen atoms in total. The maximum atomic E-state index is 13.3. The lowest BCUT2D eigenvalue weighted by molar-refractivity contribution is -0.114. The van der Waals surface area contributed by atoms with Gasteiger partial charge < -0.3 is 15.5 Å². The van der Waals surface area contributed by atoms with Crippen molar-refractivity contribution < 1.29 is 13.9 Å². The van der Waals surface area contributed by atoms with Crippen LogP contribution in [0.2, 0.25) is 0 Å². The molecule has 0 saturated heterocycles. The van der Waals surface area contributed by atoms with Crippen molar-refractivity contribution in [3.8, 4) is 5.88 Å². The molecule has 3 rings (SSSR count). The second-order valence-electron chi connectivity index (χ2n) is 5.40. The van der Waals surface area contributed by atoms with E-state index in [4.69, 9.17) is 17.0 Å². The van der Waals surface area contributed by atoms with Gasteiger partial charge in [0.1, 0.15) is 24.4 Å². The van der Waals surface area contributed by atoms with E-state index in [0.29, 0.717) is 22.5 Å². The Hall–Kier alpha value is -3.73. The van der Waals surface area contributed by atoms with Gasteiger partial charge in [-0.25, -0.2) is 19.2 Å². The van der Waals surface area contributed by atoms with Crippen LogP contribution in [0, 0.1) is 12.4 Å². The molecule has 0 spiro atoms. The van der Waals surface area contributed by atoms with Crippen LogP contribution >= 0.6 is 0 Å². The van der Waals surface area contributed by atoms with Gasteiger partial charge in [0.15, 0.2) is 0 Å². The third-order valence-corrected chi connectivity index (χ3v) is 3.67. The van der Waals surface area contributed by atoms with Crippen LogP contribution in [0.3, 0.4) is 0 Å². The molecular formula is C18H14FN5O2. The normalized spacial score (nSPS) is 11.3. The second-order valence-corrected chi connectivity index (χ2v) is 5.40. The van der Waals surface area contributed by atoms with E-state index in [1.54, 1.807) is 18.3 Å². The molecule has 1 aromatic carbocycles. The fourth-order valence-corrected chi connectivity index (χ4v) is 2.45. The molecule has 8 heteroatoms. The summed E-state index contributed by atoms with van der Waals surface area (Å²) in [6.45, 7) is 7.11. The van der Waals surface area contributed by atoms with Crippen LogP contribution in [0.4, 0.5) is 4.39 Å². The van der Waals surface area contributed by atoms with Crippen molar-refractivity contribution in [2.45, 2.75) is 13.0 Å². The number of nitrogens with two attached hydrogens (primary N) is 1. The highest BCUT2D eigenvalue weighted by atomic mass is 19.1. The summed E-state index contributed by atoms with van der Waals surface area (Å²) in [5.41, 5.74) is 6.97. The van der Waals surface area contributed by atoms with Crippen LogP contribution in [0.25, 0.3) is 15.9 Å². The molecule has 0 radical (unpaired) electrons. The van der Waals surface area contributed by atoms with Gasteiger partial charge in [0, 0.05) is 6.20 Å². The molecule has 1 amide bonds. The van der Waals surface area contributed by atoms with Gasteiger partial charge in [-0.2, -0.15) is 0 Å². The number of carbonyl (C=O) groups is 1. The molecule has 3 N–H and O–H groups in total. The van der Waals surface area contributed by atoms with Gasteiger partial charge in [0.2, 0.25) is 17.5 Å². The Morgan fingerprint density at radius 3 is 3.00 bits per heavy atom. The lowest BCUT2D eigenvalue weighted by atomic mass is 10.1. The fourth-order valence-electron chi connectivity index (χ4n) is 2.45. The number of halogens is 1. The first-order chi connectivity index (χ1) is 12.6. The Morgan fingerprint density at radius 2 is 2.27 bits per heavy atom. The minimum absolute atomic E-state index is 0.138. The number of amides is 1. The van der Waals surface area contributed by atoms with Crippen molar-refractivity contribution in [2.75, 3.05) is 0 Å². The highest BCUT2D eigenvalue weighted by Gasteiger charge is 2.13. The van der Waals surface area contributed by atoms with Gasteiger partial charge >= 0.3 is 0 Å². The number of fused-ring (bicyclic) bond motifs is 1. The number of primary amides is 1. The summed E-state index contributed by atoms with van der Waals surface area (Å²) in [5.74, 6) is -0.796. The molecule has 130 valence electrons. The van der Waals surface area contributed by atoms with E-state index in [1.807, 2.05) is 0 Å². The van der Waals surface area contributed by atoms with Crippen molar-refractivity contribution >= 4 is 16.9 Å². The van der Waals surface area contributed by atoms with Crippen LogP contribution < -0.4 is 10.5 Å². The fraction of sp³-hybridized carbons (Fsp3) is 0.111. The maximum Gasteiger partial charge on any atom is 0.247 e. The van der Waals surface area contributed by atoms with Gasteiger partial charge in [-0.1, -0.05) is 18.2 Å². The van der Waals surface area contributed by atoms with Crippen LogP contribution in [0.5, 0.6) is 5.88 Å². The minimum atomic E-state index is -0.779. The molecule has 0 atom stereocenters. The monoisotopic (exact) mass is 351 g/mol. The van der Waals surface area contributed by atoms with Crippen LogP contribution in [0.15, 0.2) is 48.6 Å². The molecule has 0 aliphatic heterocycles. The second kappa shape index (κ2) is 7.44. The number of allylic oxidation sites excluding steroid dienone is 1. The number of hydrogen-bond donors (Lipinski definition) is 2. The Bertz CT molecular complexity index is 1040. The molecule has 0 saturated carbocycles. The van der Waals surface area contributed by atoms with Crippen molar-refractivity contribution in [1.29, 1.82) is 0 Å². The van der Waals surface area contributed by atoms with Crippen molar-refractivity contribution in [2.24, 2.45) is 5.73 Å². The first-order valence-corrected chi connectivity index (χ1v) is 7.64. The maximum absolute atomic E-state index is 13.3. The first-order valence-electron chi connectivity index (χ1n) is 7.64. The smallest absolute Gasteiger partial charge is 0.247 e. The number of H-pyrrole nitrogens is 1. The van der Waals surface area contributed by atoms with E-state index >= 15 is 0 Å². The molecule has 0 aliphatic carbocycles. The zero-order valence-corrected chi connectivity index (χ0v) is 13.6. The molecule has 26 heavy (non-hydrogen) atoms. The highest BCUT2D eigenvalue weighted by molar-refractivity contribution is 5.94. The predicted octanol–water partition coefficient (Wildman–Crippen LogP) is 2.51. The number of hydrogen-bond acceptors (Lipinski definition) is 4. The van der Waals surface area contributed by atoms with E-state index in [-0.39, 0.29) is 24.5 Å². The zero-order valence-electron chi connectivity index (χ0n) is 13.6. The predicted molar refractivity (Wildman–Crippen MR) is 92.2 cm³/mol. The number of benzene rings is 1. The number of aromatic nitrogens is 3. The molecule has 0 aliphatic rings. The van der Waals surface area contributed by atoms with Crippen molar-refractivity contribution in [3.63, 3.8) is 0 Å². The van der Waals surface area contributed by atoms with Crippen LogP contribution in [-0.2, 0) is 17.8 Å². The van der Waals surface area contributed by atoms with Gasteiger partial charge in [0.25, 0.3) is 0 Å². The Kier molecular flexibility index (Phi) is 4.90. The molecular weight excluding hydrogens is 337 g/mol. The SMILES string of the molecule is [C-]#[N+]/C(=C\Cc1c[nH]c2ncnc(OCc3cccc(F)c3)c12)C(N)=O. The summed E-state index contributed by atoms with van der Waals surface area (Å²) < 4.78 is 19.0. The molecule has 2 aromatic heterocycles. The number of aromatic amines is 1. The lowest BCUT2D eigenvalue weighted by Crippen LogP contribution is -2.11. The minimum Gasteiger partial charge on any atom is -0.472 e. The largest absolute Gasteiger partial charge is 0.472 e. The molecule has 0 unspecified atom stereocenters. The average molecular weight is 351 g/mol. The van der Waals surface area contributed by atoms with E-state index < -0.39 is 5.91 Å². The summed E-state index contributed by atoms with van der Waals surface area (Å²) in [4.78, 5) is 25.5. The number of nitrogens with zero attached hydrogens (tertiary/aromatic N) is 3. The molecule has 0 bridgehead atoms. The number of ether oxygens (including phenoxy) is 1. The number of carbonyl (C=O) groups excluding carboxylic acids is 1. The van der Waals surface area contributed by atoms with Gasteiger partial charge in [-0.3, -0.25) is 4.79 Å². The summed E-state index contributed by atoms with van der Waals surface area (Å²) >= 11 is 0. The standard InChI is InChI=1S/C18H14FN5O2/c1-21-14(16(20)25)6-5-12-8-22-17-15(12)18(24-10-23-17)26-9-11-3-2-4-13(19)7-11/h2-4,6-8,10H,5,9H2,(H2,20,25)(H,22,23,24)/b14-6-. The first kappa shape index (κ1) is 17.1. The summed E-state index contributed by atoms with van der Waals surface area (Å²) in [5, 5.41) is 0.633. The summed E-state index contributed by atoms with van der Waals surface area (Å²) in [6, 6.07) is 6.09. The van der Waals surface area contributed by atoms with Crippen LogP contribution in [0.1, 0.15) is 11.1 Å². The summed E-state index contributed by atoms with van der Waals surface area (Å²) in [7, 11) is 0. The third kappa shape index (κ3) is 3.67. The topological polar surface area (TPSA) is 98.2 Å². The van der Waals surface area contributed by atoms with E-state index in [0.717, 1.165) is 5.56 Å². The third-order valence-electron chi connectivity index (χ3n) is 3.67. The van der Waals surface area contributed by atoms with E-state index in [1.165, 1.54) is 24.5 Å². The Labute approximate surface area is 148 Å². The lowest BCUT2D eigenvalue weighted by Gasteiger charge is -2.07. The molecule has 0 fully saturated rings. The summed E-state index contributed by atoms with van der Waals surface area (Å²) in [6.07, 6.45) is 4.78. The highest BCUT2D eigenvalue weighted by Crippen LogP contribution is 2.26. The quantitative estimate of drug-likeness (QED) is 0.526. The molecule has 2 heterocycles. The Morgan fingerprint density at radius 1 is 1.42 bits per heavy atom. The van der Waals surface area contributed by atoms with E-state index in [2.05, 4.69) is 19.8 Å². The van der Waals surface area contributed by atoms with E-state index in [9.17, 15) is 9.18 Å².